The van der Waals surface area contributed by atoms with E-state index in [9.17, 15) is 4.79 Å². The van der Waals surface area contributed by atoms with Gasteiger partial charge in [-0.3, -0.25) is 4.79 Å². The number of benzene rings is 1. The molecule has 0 radical (unpaired) electrons. The maximum absolute atomic E-state index is 12.8. The van der Waals surface area contributed by atoms with Crippen molar-refractivity contribution >= 4 is 0 Å². The Labute approximate surface area is 125 Å². The molecule has 2 N–H and O–H groups in total. The van der Waals surface area contributed by atoms with Crippen LogP contribution >= 0.6 is 0 Å². The van der Waals surface area contributed by atoms with E-state index in [-0.39, 0.29) is 5.56 Å². The zero-order chi connectivity index (χ0) is 15.4. The van der Waals surface area contributed by atoms with Crippen LogP contribution < -0.4 is 11.3 Å². The SMILES string of the molecule is COCCn1c(C)cc(C)c(C(N)c2ccccc2)c1=O. The largest absolute Gasteiger partial charge is 0.383 e. The Balaban J connectivity index is 2.51. The molecule has 0 aliphatic heterocycles. The molecular weight excluding hydrogens is 264 g/mol. The lowest BCUT2D eigenvalue weighted by atomic mass is 9.96. The first-order chi connectivity index (χ1) is 10.1. The minimum Gasteiger partial charge on any atom is -0.383 e. The number of nitrogens with zero attached hydrogens (tertiary/aromatic N) is 1. The highest BCUT2D eigenvalue weighted by atomic mass is 16.5. The van der Waals surface area contributed by atoms with E-state index in [1.807, 2.05) is 50.2 Å². The van der Waals surface area contributed by atoms with Crippen LogP contribution in [0.3, 0.4) is 0 Å². The maximum atomic E-state index is 12.8. The molecule has 2 rings (SSSR count). The van der Waals surface area contributed by atoms with Gasteiger partial charge in [-0.15, -0.1) is 0 Å². The molecule has 0 amide bonds. The first-order valence-corrected chi connectivity index (χ1v) is 7.06. The number of rotatable bonds is 5. The number of methoxy groups -OCH3 is 1. The molecule has 0 bridgehead atoms. The van der Waals surface area contributed by atoms with E-state index >= 15 is 0 Å². The van der Waals surface area contributed by atoms with E-state index in [1.54, 1.807) is 11.7 Å². The van der Waals surface area contributed by atoms with Crippen LogP contribution in [0.4, 0.5) is 0 Å². The van der Waals surface area contributed by atoms with Crippen LogP contribution in [0, 0.1) is 13.8 Å². The fraction of sp³-hybridized carbons (Fsp3) is 0.353. The summed E-state index contributed by atoms with van der Waals surface area (Å²) in [7, 11) is 1.63. The molecule has 0 saturated carbocycles. The second kappa shape index (κ2) is 6.70. The number of hydrogen-bond donors (Lipinski definition) is 1. The predicted molar refractivity (Wildman–Crippen MR) is 84.5 cm³/mol. The molecule has 1 unspecified atom stereocenters. The fourth-order valence-corrected chi connectivity index (χ4v) is 2.61. The van der Waals surface area contributed by atoms with Crippen molar-refractivity contribution in [2.75, 3.05) is 13.7 Å². The van der Waals surface area contributed by atoms with Gasteiger partial charge in [-0.05, 0) is 31.0 Å². The minimum atomic E-state index is -0.409. The van der Waals surface area contributed by atoms with Crippen LogP contribution in [0.2, 0.25) is 0 Å². The van der Waals surface area contributed by atoms with E-state index < -0.39 is 6.04 Å². The summed E-state index contributed by atoms with van der Waals surface area (Å²) >= 11 is 0. The molecule has 0 aliphatic carbocycles. The van der Waals surface area contributed by atoms with E-state index in [4.69, 9.17) is 10.5 Å². The van der Waals surface area contributed by atoms with Crippen LogP contribution in [-0.4, -0.2) is 18.3 Å². The second-order valence-corrected chi connectivity index (χ2v) is 5.22. The summed E-state index contributed by atoms with van der Waals surface area (Å²) in [5.41, 5.74) is 9.76. The fourth-order valence-electron chi connectivity index (χ4n) is 2.61. The minimum absolute atomic E-state index is 0.0269. The number of aryl methyl sites for hydroxylation is 2. The molecular formula is C17H22N2O2. The van der Waals surface area contributed by atoms with E-state index in [2.05, 4.69) is 0 Å². The summed E-state index contributed by atoms with van der Waals surface area (Å²) in [6.07, 6.45) is 0. The quantitative estimate of drug-likeness (QED) is 0.916. The number of pyridine rings is 1. The first-order valence-electron chi connectivity index (χ1n) is 7.06. The van der Waals surface area contributed by atoms with Crippen molar-refractivity contribution in [1.29, 1.82) is 0 Å². The highest BCUT2D eigenvalue weighted by Gasteiger charge is 2.18. The van der Waals surface area contributed by atoms with Crippen molar-refractivity contribution in [3.8, 4) is 0 Å². The number of aromatic nitrogens is 1. The highest BCUT2D eigenvalue weighted by Crippen LogP contribution is 2.20. The molecule has 4 heteroatoms. The van der Waals surface area contributed by atoms with Crippen LogP contribution in [0.25, 0.3) is 0 Å². The zero-order valence-electron chi connectivity index (χ0n) is 12.8. The van der Waals surface area contributed by atoms with Gasteiger partial charge < -0.3 is 15.0 Å². The predicted octanol–water partition coefficient (Wildman–Crippen LogP) is 2.16. The number of ether oxygens (including phenoxy) is 1. The molecule has 112 valence electrons. The van der Waals surface area contributed by atoms with Crippen LogP contribution in [0.1, 0.15) is 28.4 Å². The molecule has 0 aliphatic rings. The first kappa shape index (κ1) is 15.5. The smallest absolute Gasteiger partial charge is 0.256 e. The maximum Gasteiger partial charge on any atom is 0.256 e. The van der Waals surface area contributed by atoms with Crippen molar-refractivity contribution in [2.45, 2.75) is 26.4 Å². The summed E-state index contributed by atoms with van der Waals surface area (Å²) in [5, 5.41) is 0. The third kappa shape index (κ3) is 3.23. The van der Waals surface area contributed by atoms with E-state index in [1.165, 1.54) is 0 Å². The summed E-state index contributed by atoms with van der Waals surface area (Å²) < 4.78 is 6.81. The molecule has 21 heavy (non-hydrogen) atoms. The van der Waals surface area contributed by atoms with Crippen LogP contribution in [0.15, 0.2) is 41.2 Å². The third-order valence-corrected chi connectivity index (χ3v) is 3.74. The zero-order valence-corrected chi connectivity index (χ0v) is 12.8. The van der Waals surface area contributed by atoms with Gasteiger partial charge in [0.25, 0.3) is 5.56 Å². The van der Waals surface area contributed by atoms with Crippen molar-refractivity contribution in [1.82, 2.24) is 4.57 Å². The Bertz CT molecular complexity index is 662. The van der Waals surface area contributed by atoms with Gasteiger partial charge in [0.1, 0.15) is 0 Å². The van der Waals surface area contributed by atoms with Crippen LogP contribution in [-0.2, 0) is 11.3 Å². The molecule has 1 aromatic carbocycles. The van der Waals surface area contributed by atoms with Gasteiger partial charge in [-0.25, -0.2) is 0 Å². The average molecular weight is 286 g/mol. The Morgan fingerprint density at radius 2 is 1.90 bits per heavy atom. The summed E-state index contributed by atoms with van der Waals surface area (Å²) in [6, 6.07) is 11.3. The van der Waals surface area contributed by atoms with Gasteiger partial charge in [0, 0.05) is 24.9 Å². The van der Waals surface area contributed by atoms with Gasteiger partial charge in [-0.1, -0.05) is 30.3 Å². The molecule has 1 aromatic heterocycles. The normalized spacial score (nSPS) is 12.4. The summed E-state index contributed by atoms with van der Waals surface area (Å²) in [6.45, 7) is 4.91. The van der Waals surface area contributed by atoms with Gasteiger partial charge in [-0.2, -0.15) is 0 Å². The van der Waals surface area contributed by atoms with Crippen molar-refractivity contribution in [3.05, 3.63) is 69.1 Å². The number of nitrogens with two attached hydrogens (primary N) is 1. The Morgan fingerprint density at radius 1 is 1.24 bits per heavy atom. The average Bonchev–Trinajstić information content (AvgIpc) is 2.47. The molecule has 0 spiro atoms. The molecule has 0 fully saturated rings. The molecule has 1 atom stereocenters. The molecule has 2 aromatic rings. The van der Waals surface area contributed by atoms with Gasteiger partial charge >= 0.3 is 0 Å². The molecule has 0 saturated heterocycles. The van der Waals surface area contributed by atoms with Crippen molar-refractivity contribution < 1.29 is 4.74 Å². The van der Waals surface area contributed by atoms with Crippen molar-refractivity contribution in [3.63, 3.8) is 0 Å². The Kier molecular flexibility index (Phi) is 4.94. The third-order valence-electron chi connectivity index (χ3n) is 3.74. The van der Waals surface area contributed by atoms with E-state index in [0.29, 0.717) is 18.7 Å². The standard InChI is InChI=1S/C17H22N2O2/c1-12-11-13(2)19(9-10-21-3)17(20)15(12)16(18)14-7-5-4-6-8-14/h4-8,11,16H,9-10,18H2,1-3H3. The summed E-state index contributed by atoms with van der Waals surface area (Å²) in [5.74, 6) is 0. The van der Waals surface area contributed by atoms with Gasteiger partial charge in [0.15, 0.2) is 0 Å². The monoisotopic (exact) mass is 286 g/mol. The number of hydrogen-bond acceptors (Lipinski definition) is 3. The topological polar surface area (TPSA) is 57.2 Å². The molecule has 4 nitrogen and oxygen atoms in total. The summed E-state index contributed by atoms with van der Waals surface area (Å²) in [4.78, 5) is 12.8. The lowest BCUT2D eigenvalue weighted by molar-refractivity contribution is 0.185. The second-order valence-electron chi connectivity index (χ2n) is 5.22. The Hall–Kier alpha value is -1.91. The van der Waals surface area contributed by atoms with Gasteiger partial charge in [0.2, 0.25) is 0 Å². The Morgan fingerprint density at radius 3 is 2.52 bits per heavy atom. The molecule has 1 heterocycles. The highest BCUT2D eigenvalue weighted by molar-refractivity contribution is 5.36. The van der Waals surface area contributed by atoms with E-state index in [0.717, 1.165) is 16.8 Å². The van der Waals surface area contributed by atoms with Crippen LogP contribution in [0.5, 0.6) is 0 Å². The van der Waals surface area contributed by atoms with Gasteiger partial charge in [0.05, 0.1) is 12.6 Å². The van der Waals surface area contributed by atoms with Crippen molar-refractivity contribution in [2.24, 2.45) is 5.73 Å². The lowest BCUT2D eigenvalue weighted by Crippen LogP contribution is -2.32. The lowest BCUT2D eigenvalue weighted by Gasteiger charge is -2.18.